The SMILES string of the molecule is Nc1ccc(O)c(CN2CCOCC2)c1. The second-order valence-corrected chi connectivity index (χ2v) is 3.78. The molecule has 82 valence electrons. The van der Waals surface area contributed by atoms with E-state index in [1.54, 1.807) is 12.1 Å². The molecule has 1 saturated heterocycles. The van der Waals surface area contributed by atoms with Crippen LogP contribution in [0.2, 0.25) is 0 Å². The van der Waals surface area contributed by atoms with Gasteiger partial charge in [-0.15, -0.1) is 0 Å². The van der Waals surface area contributed by atoms with Gasteiger partial charge in [-0.3, -0.25) is 4.90 Å². The van der Waals surface area contributed by atoms with E-state index in [1.807, 2.05) is 6.07 Å². The van der Waals surface area contributed by atoms with E-state index in [4.69, 9.17) is 10.5 Å². The highest BCUT2D eigenvalue weighted by atomic mass is 16.5. The molecule has 4 heteroatoms. The van der Waals surface area contributed by atoms with Gasteiger partial charge in [-0.1, -0.05) is 0 Å². The average Bonchev–Trinajstić information content (AvgIpc) is 2.25. The van der Waals surface area contributed by atoms with Crippen LogP contribution in [-0.2, 0) is 11.3 Å². The number of ether oxygens (including phenoxy) is 1. The fraction of sp³-hybridized carbons (Fsp3) is 0.455. The van der Waals surface area contributed by atoms with E-state index in [-0.39, 0.29) is 0 Å². The molecule has 1 aromatic rings. The normalized spacial score (nSPS) is 17.9. The molecule has 0 radical (unpaired) electrons. The van der Waals surface area contributed by atoms with Gasteiger partial charge in [0.1, 0.15) is 5.75 Å². The standard InChI is InChI=1S/C11H16N2O2/c12-10-1-2-11(14)9(7-10)8-13-3-5-15-6-4-13/h1-2,7,14H,3-6,8,12H2. The van der Waals surface area contributed by atoms with Crippen molar-refractivity contribution in [1.82, 2.24) is 4.90 Å². The molecule has 0 bridgehead atoms. The van der Waals surface area contributed by atoms with Crippen LogP contribution in [0.15, 0.2) is 18.2 Å². The van der Waals surface area contributed by atoms with Gasteiger partial charge in [-0.2, -0.15) is 0 Å². The van der Waals surface area contributed by atoms with E-state index in [0.29, 0.717) is 11.4 Å². The Kier molecular flexibility index (Phi) is 3.08. The number of phenolic OH excluding ortho intramolecular Hbond substituents is 1. The first-order chi connectivity index (χ1) is 7.25. The van der Waals surface area contributed by atoms with Crippen molar-refractivity contribution in [1.29, 1.82) is 0 Å². The van der Waals surface area contributed by atoms with Crippen LogP contribution in [0.3, 0.4) is 0 Å². The number of morpholine rings is 1. The van der Waals surface area contributed by atoms with Gasteiger partial charge in [0.2, 0.25) is 0 Å². The van der Waals surface area contributed by atoms with Gasteiger partial charge in [-0.25, -0.2) is 0 Å². The van der Waals surface area contributed by atoms with Crippen molar-refractivity contribution in [3.63, 3.8) is 0 Å². The highest BCUT2D eigenvalue weighted by Gasteiger charge is 2.12. The molecule has 0 unspecified atom stereocenters. The molecule has 1 heterocycles. The Labute approximate surface area is 89.3 Å². The first kappa shape index (κ1) is 10.3. The lowest BCUT2D eigenvalue weighted by Gasteiger charge is -2.26. The minimum atomic E-state index is 0.315. The fourth-order valence-electron chi connectivity index (χ4n) is 1.73. The fourth-order valence-corrected chi connectivity index (χ4v) is 1.73. The van der Waals surface area contributed by atoms with Crippen molar-refractivity contribution in [3.05, 3.63) is 23.8 Å². The number of rotatable bonds is 2. The summed E-state index contributed by atoms with van der Waals surface area (Å²) in [6.45, 7) is 4.09. The summed E-state index contributed by atoms with van der Waals surface area (Å²) in [6.07, 6.45) is 0. The van der Waals surface area contributed by atoms with Crippen LogP contribution in [0.25, 0.3) is 0 Å². The third-order valence-corrected chi connectivity index (χ3v) is 2.60. The van der Waals surface area contributed by atoms with E-state index >= 15 is 0 Å². The summed E-state index contributed by atoms with van der Waals surface area (Å²) >= 11 is 0. The molecule has 0 aromatic heterocycles. The molecule has 2 rings (SSSR count). The minimum Gasteiger partial charge on any atom is -0.508 e. The Bertz CT molecular complexity index is 335. The highest BCUT2D eigenvalue weighted by molar-refractivity contribution is 5.47. The van der Waals surface area contributed by atoms with Gasteiger partial charge in [0.25, 0.3) is 0 Å². The highest BCUT2D eigenvalue weighted by Crippen LogP contribution is 2.21. The van der Waals surface area contributed by atoms with E-state index in [2.05, 4.69) is 4.90 Å². The Morgan fingerprint density at radius 3 is 2.80 bits per heavy atom. The maximum Gasteiger partial charge on any atom is 0.120 e. The maximum atomic E-state index is 9.65. The largest absolute Gasteiger partial charge is 0.508 e. The van der Waals surface area contributed by atoms with E-state index in [1.165, 1.54) is 0 Å². The van der Waals surface area contributed by atoms with Crippen molar-refractivity contribution < 1.29 is 9.84 Å². The summed E-state index contributed by atoms with van der Waals surface area (Å²) in [4.78, 5) is 2.25. The Morgan fingerprint density at radius 1 is 1.33 bits per heavy atom. The monoisotopic (exact) mass is 208 g/mol. The molecule has 0 amide bonds. The molecule has 0 aliphatic carbocycles. The summed E-state index contributed by atoms with van der Waals surface area (Å²) in [5, 5.41) is 9.65. The van der Waals surface area contributed by atoms with Gasteiger partial charge < -0.3 is 15.6 Å². The van der Waals surface area contributed by atoms with Gasteiger partial charge in [0.05, 0.1) is 13.2 Å². The molecule has 0 spiro atoms. The lowest BCUT2D eigenvalue weighted by Crippen LogP contribution is -2.35. The molecular formula is C11H16N2O2. The van der Waals surface area contributed by atoms with Crippen LogP contribution in [-0.4, -0.2) is 36.3 Å². The third kappa shape index (κ3) is 2.61. The summed E-state index contributed by atoms with van der Waals surface area (Å²) in [6, 6.07) is 5.17. The zero-order valence-electron chi connectivity index (χ0n) is 8.65. The first-order valence-corrected chi connectivity index (χ1v) is 5.13. The molecule has 1 aliphatic heterocycles. The van der Waals surface area contributed by atoms with Crippen LogP contribution in [0.5, 0.6) is 5.75 Å². The van der Waals surface area contributed by atoms with Crippen LogP contribution < -0.4 is 5.73 Å². The molecule has 3 N–H and O–H groups in total. The van der Waals surface area contributed by atoms with Crippen LogP contribution >= 0.6 is 0 Å². The number of nitrogen functional groups attached to an aromatic ring is 1. The number of nitrogens with two attached hydrogens (primary N) is 1. The number of aromatic hydroxyl groups is 1. The smallest absolute Gasteiger partial charge is 0.120 e. The Balaban J connectivity index is 2.05. The molecule has 1 aliphatic rings. The van der Waals surface area contributed by atoms with Gasteiger partial charge in [0.15, 0.2) is 0 Å². The summed E-state index contributed by atoms with van der Waals surface area (Å²) < 4.78 is 5.26. The third-order valence-electron chi connectivity index (χ3n) is 2.60. The number of hydrogen-bond donors (Lipinski definition) is 2. The predicted molar refractivity (Wildman–Crippen MR) is 58.6 cm³/mol. The van der Waals surface area contributed by atoms with Crippen molar-refractivity contribution in [2.24, 2.45) is 0 Å². The maximum absolute atomic E-state index is 9.65. The summed E-state index contributed by atoms with van der Waals surface area (Å²) in [5.41, 5.74) is 7.26. The molecule has 4 nitrogen and oxygen atoms in total. The molecule has 1 aromatic carbocycles. The topological polar surface area (TPSA) is 58.7 Å². The summed E-state index contributed by atoms with van der Waals surface area (Å²) in [5.74, 6) is 0.315. The number of benzene rings is 1. The predicted octanol–water partition coefficient (Wildman–Crippen LogP) is 0.807. The molecular weight excluding hydrogens is 192 g/mol. The van der Waals surface area contributed by atoms with Crippen molar-refractivity contribution in [3.8, 4) is 5.75 Å². The lowest BCUT2D eigenvalue weighted by atomic mass is 10.1. The molecule has 1 fully saturated rings. The number of nitrogens with zero attached hydrogens (tertiary/aromatic N) is 1. The molecule has 0 atom stereocenters. The van der Waals surface area contributed by atoms with E-state index < -0.39 is 0 Å². The average molecular weight is 208 g/mol. The van der Waals surface area contributed by atoms with Crippen LogP contribution in [0, 0.1) is 0 Å². The van der Waals surface area contributed by atoms with Crippen molar-refractivity contribution >= 4 is 5.69 Å². The lowest BCUT2D eigenvalue weighted by molar-refractivity contribution is 0.0339. The molecule has 0 saturated carbocycles. The number of hydrogen-bond acceptors (Lipinski definition) is 4. The second-order valence-electron chi connectivity index (χ2n) is 3.78. The van der Waals surface area contributed by atoms with E-state index in [9.17, 15) is 5.11 Å². The zero-order valence-corrected chi connectivity index (χ0v) is 8.65. The number of phenols is 1. The quantitative estimate of drug-likeness (QED) is 0.557. The zero-order chi connectivity index (χ0) is 10.7. The van der Waals surface area contributed by atoms with Gasteiger partial charge in [0, 0.05) is 30.9 Å². The molecule has 15 heavy (non-hydrogen) atoms. The summed E-state index contributed by atoms with van der Waals surface area (Å²) in [7, 11) is 0. The Hall–Kier alpha value is -1.26. The van der Waals surface area contributed by atoms with Gasteiger partial charge in [-0.05, 0) is 18.2 Å². The Morgan fingerprint density at radius 2 is 2.07 bits per heavy atom. The van der Waals surface area contributed by atoms with Crippen LogP contribution in [0.4, 0.5) is 5.69 Å². The first-order valence-electron chi connectivity index (χ1n) is 5.13. The van der Waals surface area contributed by atoms with Crippen LogP contribution in [0.1, 0.15) is 5.56 Å². The minimum absolute atomic E-state index is 0.315. The second kappa shape index (κ2) is 4.51. The van der Waals surface area contributed by atoms with Gasteiger partial charge >= 0.3 is 0 Å². The van der Waals surface area contributed by atoms with E-state index in [0.717, 1.165) is 38.4 Å². The van der Waals surface area contributed by atoms with Crippen molar-refractivity contribution in [2.45, 2.75) is 6.54 Å². The number of anilines is 1. The van der Waals surface area contributed by atoms with Crippen molar-refractivity contribution in [2.75, 3.05) is 32.0 Å².